The number of hydrogen-bond donors (Lipinski definition) is 0. The molecule has 2 heterocycles. The van der Waals surface area contributed by atoms with Gasteiger partial charge in [-0.25, -0.2) is 14.5 Å². The Labute approximate surface area is 190 Å². The number of hydrogen-bond acceptors (Lipinski definition) is 8. The molecule has 2 fully saturated rings. The summed E-state index contributed by atoms with van der Waals surface area (Å²) in [4.78, 5) is 25.9. The number of unbranched alkanes of at least 4 members (excludes halogenated alkanes) is 2. The zero-order valence-electron chi connectivity index (χ0n) is 19.5. The number of likely N-dealkylation sites (tertiary alicyclic amines) is 1. The maximum atomic E-state index is 12.0. The molecule has 8 nitrogen and oxygen atoms in total. The quantitative estimate of drug-likeness (QED) is 0.288. The maximum absolute atomic E-state index is 12.0. The molecule has 8 heteroatoms. The Morgan fingerprint density at radius 1 is 1.16 bits per heavy atom. The largest absolute Gasteiger partial charge is 0.493 e. The molecule has 0 aliphatic carbocycles. The average Bonchev–Trinajstić information content (AvgIpc) is 3.04. The van der Waals surface area contributed by atoms with Crippen molar-refractivity contribution in [2.75, 3.05) is 26.8 Å². The summed E-state index contributed by atoms with van der Waals surface area (Å²) in [7, 11) is 1.56. The summed E-state index contributed by atoms with van der Waals surface area (Å²) in [6, 6.07) is 7.55. The molecule has 0 amide bonds. The van der Waals surface area contributed by atoms with Crippen molar-refractivity contribution < 1.29 is 33.3 Å². The highest BCUT2D eigenvalue weighted by molar-refractivity contribution is 6.31. The van der Waals surface area contributed by atoms with E-state index >= 15 is 0 Å². The van der Waals surface area contributed by atoms with Gasteiger partial charge in [0, 0.05) is 26.3 Å². The minimum absolute atomic E-state index is 0.00350. The van der Waals surface area contributed by atoms with Gasteiger partial charge in [-0.2, -0.15) is 0 Å². The predicted molar refractivity (Wildman–Crippen MR) is 117 cm³/mol. The van der Waals surface area contributed by atoms with E-state index in [9.17, 15) is 9.59 Å². The van der Waals surface area contributed by atoms with Crippen molar-refractivity contribution in [3.05, 3.63) is 24.3 Å². The fourth-order valence-electron chi connectivity index (χ4n) is 4.42. The van der Waals surface area contributed by atoms with E-state index in [0.29, 0.717) is 26.1 Å². The first kappa shape index (κ1) is 24.3. The fourth-order valence-corrected chi connectivity index (χ4v) is 4.42. The van der Waals surface area contributed by atoms with E-state index in [1.165, 1.54) is 0 Å². The van der Waals surface area contributed by atoms with Gasteiger partial charge in [-0.15, -0.1) is 0 Å². The summed E-state index contributed by atoms with van der Waals surface area (Å²) < 4.78 is 28.5. The average molecular weight is 450 g/mol. The second-order valence-electron chi connectivity index (χ2n) is 8.59. The van der Waals surface area contributed by atoms with Crippen LogP contribution >= 0.6 is 0 Å². The van der Waals surface area contributed by atoms with E-state index < -0.39 is 24.0 Å². The lowest BCUT2D eigenvalue weighted by Gasteiger charge is -2.48. The van der Waals surface area contributed by atoms with E-state index in [2.05, 4.69) is 6.92 Å². The van der Waals surface area contributed by atoms with E-state index in [4.69, 9.17) is 23.7 Å². The standard InChI is InChI=1S/C24H35NO7/c1-5-6-7-13-25-14-11-18(21(28-4)24(25)31-22(26)23(27)32-24)12-15-29-19-9-8-10-20(16-19)30-17(2)3/h8-10,16-18,21H,5-7,11-15H2,1-4H3. The van der Waals surface area contributed by atoms with Crippen LogP contribution in [0.15, 0.2) is 24.3 Å². The molecule has 0 saturated carbocycles. The highest BCUT2D eigenvalue weighted by Gasteiger charge is 2.62. The maximum Gasteiger partial charge on any atom is 0.422 e. The molecule has 2 unspecified atom stereocenters. The van der Waals surface area contributed by atoms with Crippen LogP contribution in [0.4, 0.5) is 0 Å². The molecule has 1 spiro atoms. The SMILES string of the molecule is CCCCCN1CCC(CCOc2cccc(OC(C)C)c2)C(OC)C12OC(=O)C(=O)O2. The summed E-state index contributed by atoms with van der Waals surface area (Å²) in [5.41, 5.74) is 0. The molecule has 2 aliphatic heterocycles. The van der Waals surface area contributed by atoms with Gasteiger partial charge < -0.3 is 23.7 Å². The zero-order chi connectivity index (χ0) is 23.1. The lowest BCUT2D eigenvalue weighted by Crippen LogP contribution is -2.65. The molecule has 2 atom stereocenters. The van der Waals surface area contributed by atoms with Gasteiger partial charge in [0.2, 0.25) is 0 Å². The summed E-state index contributed by atoms with van der Waals surface area (Å²) >= 11 is 0. The Morgan fingerprint density at radius 3 is 2.53 bits per heavy atom. The second kappa shape index (κ2) is 11.0. The topological polar surface area (TPSA) is 83.5 Å². The third kappa shape index (κ3) is 5.53. The number of methoxy groups -OCH3 is 1. The zero-order valence-corrected chi connectivity index (χ0v) is 19.5. The summed E-state index contributed by atoms with van der Waals surface area (Å²) in [5.74, 6) is -1.95. The highest BCUT2D eigenvalue weighted by atomic mass is 16.8. The van der Waals surface area contributed by atoms with Crippen LogP contribution in [-0.2, 0) is 23.8 Å². The highest BCUT2D eigenvalue weighted by Crippen LogP contribution is 2.41. The number of nitrogens with zero attached hydrogens (tertiary/aromatic N) is 1. The molecule has 32 heavy (non-hydrogen) atoms. The van der Waals surface area contributed by atoms with Gasteiger partial charge in [0.1, 0.15) is 11.5 Å². The smallest absolute Gasteiger partial charge is 0.422 e. The molecular formula is C24H35NO7. The normalized spacial score (nSPS) is 22.8. The predicted octanol–water partition coefficient (Wildman–Crippen LogP) is 3.52. The minimum Gasteiger partial charge on any atom is -0.493 e. The Balaban J connectivity index is 1.66. The Kier molecular flexibility index (Phi) is 8.37. The van der Waals surface area contributed by atoms with E-state index in [1.54, 1.807) is 7.11 Å². The summed E-state index contributed by atoms with van der Waals surface area (Å²) in [6.45, 7) is 7.84. The molecule has 0 aromatic heterocycles. The number of rotatable bonds is 11. The van der Waals surface area contributed by atoms with Crippen LogP contribution in [0.1, 0.15) is 52.9 Å². The summed E-state index contributed by atoms with van der Waals surface area (Å²) in [5, 5.41) is 0. The molecule has 2 saturated heterocycles. The van der Waals surface area contributed by atoms with Crippen LogP contribution in [0.3, 0.4) is 0 Å². The minimum atomic E-state index is -1.50. The third-order valence-electron chi connectivity index (χ3n) is 5.86. The van der Waals surface area contributed by atoms with Gasteiger partial charge in [-0.3, -0.25) is 0 Å². The lowest BCUT2D eigenvalue weighted by molar-refractivity contribution is -0.322. The molecule has 0 N–H and O–H groups in total. The van der Waals surface area contributed by atoms with Crippen LogP contribution in [0, 0.1) is 5.92 Å². The van der Waals surface area contributed by atoms with E-state index in [0.717, 1.165) is 37.2 Å². The van der Waals surface area contributed by atoms with Crippen molar-refractivity contribution in [2.24, 2.45) is 5.92 Å². The number of ether oxygens (including phenoxy) is 5. The van der Waals surface area contributed by atoms with Crippen LogP contribution in [0.25, 0.3) is 0 Å². The molecule has 3 rings (SSSR count). The number of piperidine rings is 1. The summed E-state index contributed by atoms with van der Waals surface area (Å²) in [6.07, 6.45) is 4.01. The lowest BCUT2D eigenvalue weighted by atomic mass is 9.87. The van der Waals surface area contributed by atoms with Gasteiger partial charge >= 0.3 is 17.8 Å². The third-order valence-corrected chi connectivity index (χ3v) is 5.86. The second-order valence-corrected chi connectivity index (χ2v) is 8.59. The van der Waals surface area contributed by atoms with Crippen molar-refractivity contribution >= 4 is 11.9 Å². The monoisotopic (exact) mass is 449 g/mol. The molecular weight excluding hydrogens is 414 g/mol. The molecule has 1 aromatic rings. The number of carbonyl (C=O) groups is 2. The Morgan fingerprint density at radius 2 is 1.88 bits per heavy atom. The first-order chi connectivity index (χ1) is 15.4. The van der Waals surface area contributed by atoms with Crippen molar-refractivity contribution in [1.29, 1.82) is 0 Å². The fraction of sp³-hybridized carbons (Fsp3) is 0.667. The van der Waals surface area contributed by atoms with Gasteiger partial charge in [0.25, 0.3) is 0 Å². The van der Waals surface area contributed by atoms with Crippen LogP contribution in [0.5, 0.6) is 11.5 Å². The number of benzene rings is 1. The van der Waals surface area contributed by atoms with E-state index in [-0.39, 0.29) is 12.0 Å². The number of carbonyl (C=O) groups excluding carboxylic acids is 2. The van der Waals surface area contributed by atoms with Crippen molar-refractivity contribution in [3.8, 4) is 11.5 Å². The first-order valence-electron chi connectivity index (χ1n) is 11.5. The van der Waals surface area contributed by atoms with Gasteiger partial charge in [-0.05, 0) is 51.2 Å². The number of esters is 2. The molecule has 0 bridgehead atoms. The molecule has 2 aliphatic rings. The van der Waals surface area contributed by atoms with Gasteiger partial charge in [-0.1, -0.05) is 25.8 Å². The Bertz CT molecular complexity index is 765. The van der Waals surface area contributed by atoms with Gasteiger partial charge in [0.15, 0.2) is 6.10 Å². The van der Waals surface area contributed by atoms with Gasteiger partial charge in [0.05, 0.1) is 12.7 Å². The van der Waals surface area contributed by atoms with Crippen LogP contribution < -0.4 is 9.47 Å². The van der Waals surface area contributed by atoms with Crippen molar-refractivity contribution in [3.63, 3.8) is 0 Å². The molecule has 178 valence electrons. The molecule has 1 aromatic carbocycles. The van der Waals surface area contributed by atoms with Crippen LogP contribution in [-0.4, -0.2) is 61.8 Å². The van der Waals surface area contributed by atoms with Crippen molar-refractivity contribution in [2.45, 2.75) is 71.0 Å². The molecule has 0 radical (unpaired) electrons. The van der Waals surface area contributed by atoms with E-state index in [1.807, 2.05) is 43.0 Å². The first-order valence-corrected chi connectivity index (χ1v) is 11.5. The van der Waals surface area contributed by atoms with Crippen LogP contribution in [0.2, 0.25) is 0 Å². The van der Waals surface area contributed by atoms with Crippen molar-refractivity contribution in [1.82, 2.24) is 4.90 Å². The Hall–Kier alpha value is -2.32.